The van der Waals surface area contributed by atoms with E-state index in [1.54, 1.807) is 19.1 Å². The fourth-order valence-electron chi connectivity index (χ4n) is 2.28. The van der Waals surface area contributed by atoms with E-state index in [-0.39, 0.29) is 11.0 Å². The first-order chi connectivity index (χ1) is 12.0. The summed E-state index contributed by atoms with van der Waals surface area (Å²) in [6.07, 6.45) is 0.958. The molecular formula is C18H16ClN3O2S. The number of carbonyl (C=O) groups excluding carboxylic acids is 1. The maximum absolute atomic E-state index is 11.3. The van der Waals surface area contributed by atoms with Crippen LogP contribution in [0.2, 0.25) is 5.02 Å². The summed E-state index contributed by atoms with van der Waals surface area (Å²) in [4.78, 5) is 15.7. The van der Waals surface area contributed by atoms with Gasteiger partial charge in [0.05, 0.1) is 0 Å². The van der Waals surface area contributed by atoms with Crippen molar-refractivity contribution in [2.75, 3.05) is 5.32 Å². The number of thiocarbonyl (C=S) groups is 1. The lowest BCUT2D eigenvalue weighted by Gasteiger charge is -2.09. The Kier molecular flexibility index (Phi) is 5.31. The summed E-state index contributed by atoms with van der Waals surface area (Å²) in [7, 11) is 0. The molecule has 2 N–H and O–H groups in total. The molecule has 0 atom stereocenters. The molecule has 1 aromatic heterocycles. The summed E-state index contributed by atoms with van der Waals surface area (Å²) < 4.78 is 5.72. The monoisotopic (exact) mass is 373 g/mol. The number of hydrogen-bond acceptors (Lipinski definition) is 4. The van der Waals surface area contributed by atoms with Crippen LogP contribution in [0.25, 0.3) is 11.1 Å². The van der Waals surface area contributed by atoms with Gasteiger partial charge in [-0.3, -0.25) is 4.79 Å². The molecule has 0 aliphatic carbocycles. The first-order valence-corrected chi connectivity index (χ1v) is 8.57. The third-order valence-corrected chi connectivity index (χ3v) is 3.97. The van der Waals surface area contributed by atoms with E-state index in [2.05, 4.69) is 15.6 Å². The van der Waals surface area contributed by atoms with Crippen molar-refractivity contribution < 1.29 is 9.21 Å². The van der Waals surface area contributed by atoms with Crippen molar-refractivity contribution in [3.05, 3.63) is 58.9 Å². The molecule has 2 aromatic carbocycles. The van der Waals surface area contributed by atoms with Crippen LogP contribution < -0.4 is 10.6 Å². The standard InChI is InChI=1S/C18H16ClN3O2S/c1-2-16(23)22-18(25)20-13-6-3-11(4-7-13)9-17-21-14-10-12(19)5-8-15(14)24-17/h3-8,10H,2,9H2,1H3,(H2,20,22,23,25). The van der Waals surface area contributed by atoms with E-state index >= 15 is 0 Å². The molecule has 0 radical (unpaired) electrons. The maximum atomic E-state index is 11.3. The SMILES string of the molecule is CCC(=O)NC(=S)Nc1ccc(Cc2nc3cc(Cl)ccc3o2)cc1. The van der Waals surface area contributed by atoms with Crippen molar-refractivity contribution in [1.29, 1.82) is 0 Å². The lowest BCUT2D eigenvalue weighted by atomic mass is 10.1. The van der Waals surface area contributed by atoms with Gasteiger partial charge in [0.15, 0.2) is 16.6 Å². The Labute approximate surface area is 155 Å². The summed E-state index contributed by atoms with van der Waals surface area (Å²) in [6, 6.07) is 13.1. The van der Waals surface area contributed by atoms with Gasteiger partial charge in [-0.1, -0.05) is 30.7 Å². The van der Waals surface area contributed by atoms with Crippen molar-refractivity contribution >= 4 is 51.6 Å². The molecule has 0 saturated carbocycles. The summed E-state index contributed by atoms with van der Waals surface area (Å²) in [5.74, 6) is 0.508. The van der Waals surface area contributed by atoms with Crippen molar-refractivity contribution in [1.82, 2.24) is 10.3 Å². The predicted octanol–water partition coefficient (Wildman–Crippen LogP) is 4.30. The van der Waals surface area contributed by atoms with E-state index in [1.807, 2.05) is 30.3 Å². The van der Waals surface area contributed by atoms with Gasteiger partial charge in [-0.2, -0.15) is 0 Å². The van der Waals surface area contributed by atoms with Crippen LogP contribution in [0.1, 0.15) is 24.8 Å². The predicted molar refractivity (Wildman–Crippen MR) is 103 cm³/mol. The topological polar surface area (TPSA) is 67.2 Å². The minimum Gasteiger partial charge on any atom is -0.440 e. The minimum absolute atomic E-state index is 0.120. The summed E-state index contributed by atoms with van der Waals surface area (Å²) in [6.45, 7) is 1.77. The lowest BCUT2D eigenvalue weighted by molar-refractivity contribution is -0.119. The molecule has 3 aromatic rings. The van der Waals surface area contributed by atoms with E-state index in [0.717, 1.165) is 22.4 Å². The van der Waals surface area contributed by atoms with Gasteiger partial charge in [-0.15, -0.1) is 0 Å². The Balaban J connectivity index is 1.65. The van der Waals surface area contributed by atoms with Gasteiger partial charge in [0, 0.05) is 23.6 Å². The third kappa shape index (κ3) is 4.55. The number of oxazole rings is 1. The molecule has 0 aliphatic rings. The molecule has 0 aliphatic heterocycles. The van der Waals surface area contributed by atoms with Gasteiger partial charge in [0.1, 0.15) is 5.52 Å². The molecule has 1 heterocycles. The van der Waals surface area contributed by atoms with E-state index in [9.17, 15) is 4.79 Å². The molecule has 25 heavy (non-hydrogen) atoms. The molecule has 3 rings (SSSR count). The number of nitrogens with zero attached hydrogens (tertiary/aromatic N) is 1. The highest BCUT2D eigenvalue weighted by molar-refractivity contribution is 7.80. The first-order valence-electron chi connectivity index (χ1n) is 7.78. The minimum atomic E-state index is -0.120. The lowest BCUT2D eigenvalue weighted by Crippen LogP contribution is -2.33. The number of carbonyl (C=O) groups is 1. The van der Waals surface area contributed by atoms with Crippen LogP contribution in [0.4, 0.5) is 5.69 Å². The van der Waals surface area contributed by atoms with Crippen molar-refractivity contribution in [3.63, 3.8) is 0 Å². The fraction of sp³-hybridized carbons (Fsp3) is 0.167. The number of fused-ring (bicyclic) bond motifs is 1. The molecule has 0 spiro atoms. The van der Waals surface area contributed by atoms with E-state index in [4.69, 9.17) is 28.2 Å². The van der Waals surface area contributed by atoms with Crippen molar-refractivity contribution in [2.24, 2.45) is 0 Å². The summed E-state index contributed by atoms with van der Waals surface area (Å²) in [5, 5.41) is 6.49. The molecule has 0 bridgehead atoms. The highest BCUT2D eigenvalue weighted by Crippen LogP contribution is 2.21. The molecule has 128 valence electrons. The summed E-state index contributed by atoms with van der Waals surface area (Å²) in [5.41, 5.74) is 3.31. The highest BCUT2D eigenvalue weighted by Gasteiger charge is 2.08. The van der Waals surface area contributed by atoms with Gasteiger partial charge in [-0.05, 0) is 48.1 Å². The molecule has 0 unspecified atom stereocenters. The average molecular weight is 374 g/mol. The van der Waals surface area contributed by atoms with Gasteiger partial charge < -0.3 is 15.1 Å². The van der Waals surface area contributed by atoms with Crippen LogP contribution in [-0.2, 0) is 11.2 Å². The van der Waals surface area contributed by atoms with Crippen LogP contribution in [0.15, 0.2) is 46.9 Å². The normalized spacial score (nSPS) is 10.6. The number of benzene rings is 2. The van der Waals surface area contributed by atoms with Crippen LogP contribution >= 0.6 is 23.8 Å². The van der Waals surface area contributed by atoms with Gasteiger partial charge >= 0.3 is 0 Å². The van der Waals surface area contributed by atoms with Crippen LogP contribution in [0, 0.1) is 0 Å². The second kappa shape index (κ2) is 7.63. The molecule has 5 nitrogen and oxygen atoms in total. The van der Waals surface area contributed by atoms with E-state index in [1.165, 1.54) is 0 Å². The number of amides is 1. The van der Waals surface area contributed by atoms with Crippen LogP contribution in [-0.4, -0.2) is 16.0 Å². The Morgan fingerprint density at radius 1 is 1.24 bits per heavy atom. The number of hydrogen-bond donors (Lipinski definition) is 2. The number of halogens is 1. The molecular weight excluding hydrogens is 358 g/mol. The zero-order valence-corrected chi connectivity index (χ0v) is 15.1. The van der Waals surface area contributed by atoms with Crippen molar-refractivity contribution in [2.45, 2.75) is 19.8 Å². The van der Waals surface area contributed by atoms with Gasteiger partial charge in [-0.25, -0.2) is 4.98 Å². The smallest absolute Gasteiger partial charge is 0.225 e. The third-order valence-electron chi connectivity index (χ3n) is 3.54. The van der Waals surface area contributed by atoms with Crippen LogP contribution in [0.3, 0.4) is 0 Å². The molecule has 1 amide bonds. The van der Waals surface area contributed by atoms with Crippen molar-refractivity contribution in [3.8, 4) is 0 Å². The fourth-order valence-corrected chi connectivity index (χ4v) is 2.68. The Morgan fingerprint density at radius 2 is 2.00 bits per heavy atom. The Hall–Kier alpha value is -2.44. The van der Waals surface area contributed by atoms with Gasteiger partial charge in [0.25, 0.3) is 0 Å². The molecule has 0 saturated heterocycles. The number of anilines is 1. The zero-order valence-electron chi connectivity index (χ0n) is 13.5. The molecule has 0 fully saturated rings. The quantitative estimate of drug-likeness (QED) is 0.667. The maximum Gasteiger partial charge on any atom is 0.225 e. The molecule has 7 heteroatoms. The largest absolute Gasteiger partial charge is 0.440 e. The number of rotatable bonds is 4. The zero-order chi connectivity index (χ0) is 17.8. The second-order valence-electron chi connectivity index (χ2n) is 5.45. The average Bonchev–Trinajstić information content (AvgIpc) is 2.97. The first kappa shape index (κ1) is 17.4. The Morgan fingerprint density at radius 3 is 2.72 bits per heavy atom. The van der Waals surface area contributed by atoms with Crippen LogP contribution in [0.5, 0.6) is 0 Å². The summed E-state index contributed by atoms with van der Waals surface area (Å²) >= 11 is 11.0. The Bertz CT molecular complexity index is 922. The second-order valence-corrected chi connectivity index (χ2v) is 6.29. The van der Waals surface area contributed by atoms with E-state index in [0.29, 0.717) is 23.8 Å². The number of aromatic nitrogens is 1. The van der Waals surface area contributed by atoms with E-state index < -0.39 is 0 Å². The highest BCUT2D eigenvalue weighted by atomic mass is 35.5. The van der Waals surface area contributed by atoms with Gasteiger partial charge in [0.2, 0.25) is 5.91 Å². The number of nitrogens with one attached hydrogen (secondary N) is 2.